The predicted molar refractivity (Wildman–Crippen MR) is 123 cm³/mol. The Morgan fingerprint density at radius 1 is 1.34 bits per heavy atom. The van der Waals surface area contributed by atoms with Gasteiger partial charge in [-0.15, -0.1) is 0 Å². The van der Waals surface area contributed by atoms with Gasteiger partial charge in [0.05, 0.1) is 17.7 Å². The summed E-state index contributed by atoms with van der Waals surface area (Å²) in [5.74, 6) is 1.77. The molecule has 0 aliphatic carbocycles. The summed E-state index contributed by atoms with van der Waals surface area (Å²) in [5, 5.41) is 4.81. The Bertz CT molecular complexity index is 1130. The van der Waals surface area contributed by atoms with E-state index in [1.807, 2.05) is 34.9 Å². The number of aromatic nitrogens is 5. The van der Waals surface area contributed by atoms with Gasteiger partial charge < -0.3 is 20.1 Å². The summed E-state index contributed by atoms with van der Waals surface area (Å²) in [4.78, 5) is 26.9. The van der Waals surface area contributed by atoms with E-state index in [9.17, 15) is 4.79 Å². The summed E-state index contributed by atoms with van der Waals surface area (Å²) in [6.07, 6.45) is 9.37. The molecule has 0 radical (unpaired) electrons. The molecule has 0 saturated carbocycles. The average molecular weight is 437 g/mol. The van der Waals surface area contributed by atoms with Crippen molar-refractivity contribution < 1.29 is 4.79 Å². The van der Waals surface area contributed by atoms with E-state index in [0.29, 0.717) is 0 Å². The molecule has 1 amide bonds. The third-order valence-electron chi connectivity index (χ3n) is 6.94. The summed E-state index contributed by atoms with van der Waals surface area (Å²) in [5.41, 5.74) is 8.84. The van der Waals surface area contributed by atoms with Crippen molar-refractivity contribution in [2.75, 3.05) is 25.0 Å². The zero-order chi connectivity index (χ0) is 22.4. The molecule has 0 bridgehead atoms. The second kappa shape index (κ2) is 8.20. The van der Waals surface area contributed by atoms with E-state index in [-0.39, 0.29) is 23.9 Å². The van der Waals surface area contributed by atoms with Gasteiger partial charge >= 0.3 is 0 Å². The van der Waals surface area contributed by atoms with Gasteiger partial charge in [0, 0.05) is 62.9 Å². The number of hydrogen-bond donors (Lipinski definition) is 1. The van der Waals surface area contributed by atoms with Crippen molar-refractivity contribution in [2.45, 2.75) is 64.1 Å². The molecule has 2 N–H and O–H groups in total. The number of carbonyl (C=O) groups is 1. The number of aryl methyl sites for hydroxylation is 2. The molecule has 32 heavy (non-hydrogen) atoms. The highest BCUT2D eigenvalue weighted by molar-refractivity contribution is 5.83. The van der Waals surface area contributed by atoms with Crippen LogP contribution in [0.15, 0.2) is 24.7 Å². The van der Waals surface area contributed by atoms with Crippen LogP contribution in [0.25, 0.3) is 5.65 Å². The first-order valence-corrected chi connectivity index (χ1v) is 11.6. The van der Waals surface area contributed by atoms with E-state index in [4.69, 9.17) is 15.8 Å². The van der Waals surface area contributed by atoms with E-state index >= 15 is 0 Å². The van der Waals surface area contributed by atoms with E-state index in [1.165, 1.54) is 0 Å². The zero-order valence-electron chi connectivity index (χ0n) is 19.1. The maximum Gasteiger partial charge on any atom is 0.233 e. The minimum Gasteiger partial charge on any atom is -0.355 e. The standard InChI is InChI=1S/C23H32N8O/c1-4-19(28(3)23(32)17-6-5-9-29-11-8-25-22(17)29)18-12-20-26-21(15(2)13-31(20)27-18)30-10-7-16(24)14-30/h8,11-13,16-17,19H,4-7,9-10,14,24H2,1-3H3/t16-,17?,19-/m0/s1. The molecule has 3 aromatic rings. The smallest absolute Gasteiger partial charge is 0.233 e. The number of likely N-dealkylation sites (N-methyl/N-ethyl adjacent to an activating group) is 1. The van der Waals surface area contributed by atoms with Crippen molar-refractivity contribution >= 4 is 17.4 Å². The Hall–Kier alpha value is -2.94. The van der Waals surface area contributed by atoms with Gasteiger partial charge in [0.2, 0.25) is 5.91 Å². The number of carbonyl (C=O) groups excluding carboxylic acids is 1. The van der Waals surface area contributed by atoms with Crippen LogP contribution in [0.5, 0.6) is 0 Å². The molecule has 3 aromatic heterocycles. The van der Waals surface area contributed by atoms with Gasteiger partial charge in [0.25, 0.3) is 0 Å². The highest BCUT2D eigenvalue weighted by atomic mass is 16.2. The largest absolute Gasteiger partial charge is 0.355 e. The van der Waals surface area contributed by atoms with Crippen LogP contribution < -0.4 is 10.6 Å². The zero-order valence-corrected chi connectivity index (χ0v) is 19.1. The maximum atomic E-state index is 13.5. The van der Waals surface area contributed by atoms with Crippen molar-refractivity contribution in [2.24, 2.45) is 5.73 Å². The average Bonchev–Trinajstić information content (AvgIpc) is 3.52. The first-order valence-electron chi connectivity index (χ1n) is 11.6. The topological polar surface area (TPSA) is 97.6 Å². The first-order chi connectivity index (χ1) is 15.5. The number of hydrogen-bond acceptors (Lipinski definition) is 6. The lowest BCUT2D eigenvalue weighted by atomic mass is 9.96. The van der Waals surface area contributed by atoms with Crippen LogP contribution in [-0.2, 0) is 11.3 Å². The molecule has 0 aromatic carbocycles. The highest BCUT2D eigenvalue weighted by Crippen LogP contribution is 2.32. The van der Waals surface area contributed by atoms with Crippen molar-refractivity contribution in [3.05, 3.63) is 41.7 Å². The molecular weight excluding hydrogens is 404 g/mol. The Morgan fingerprint density at radius 3 is 2.94 bits per heavy atom. The molecule has 0 spiro atoms. The van der Waals surface area contributed by atoms with Crippen molar-refractivity contribution in [3.63, 3.8) is 0 Å². The quantitative estimate of drug-likeness (QED) is 0.659. The van der Waals surface area contributed by atoms with E-state index < -0.39 is 0 Å². The van der Waals surface area contributed by atoms with Crippen LogP contribution >= 0.6 is 0 Å². The number of anilines is 1. The lowest BCUT2D eigenvalue weighted by Gasteiger charge is -2.31. The van der Waals surface area contributed by atoms with Gasteiger partial charge in [-0.25, -0.2) is 14.5 Å². The Kier molecular flexibility index (Phi) is 5.36. The molecule has 5 rings (SSSR count). The molecule has 5 heterocycles. The van der Waals surface area contributed by atoms with Crippen LogP contribution in [0.2, 0.25) is 0 Å². The maximum absolute atomic E-state index is 13.5. The molecular formula is C23H32N8O. The van der Waals surface area contributed by atoms with Crippen LogP contribution in [0, 0.1) is 6.92 Å². The lowest BCUT2D eigenvalue weighted by molar-refractivity contribution is -0.134. The summed E-state index contributed by atoms with van der Waals surface area (Å²) >= 11 is 0. The molecule has 1 fully saturated rings. The van der Waals surface area contributed by atoms with Gasteiger partial charge in [-0.1, -0.05) is 6.92 Å². The van der Waals surface area contributed by atoms with Gasteiger partial charge in [0.1, 0.15) is 11.6 Å². The van der Waals surface area contributed by atoms with Crippen LogP contribution in [0.3, 0.4) is 0 Å². The van der Waals surface area contributed by atoms with E-state index in [1.54, 1.807) is 6.20 Å². The fraction of sp³-hybridized carbons (Fsp3) is 0.565. The molecule has 1 unspecified atom stereocenters. The third-order valence-corrected chi connectivity index (χ3v) is 6.94. The summed E-state index contributed by atoms with van der Waals surface area (Å²) in [6, 6.07) is 2.10. The molecule has 3 atom stereocenters. The molecule has 2 aliphatic heterocycles. The van der Waals surface area contributed by atoms with Crippen LogP contribution in [0.4, 0.5) is 5.82 Å². The van der Waals surface area contributed by atoms with Gasteiger partial charge in [0.15, 0.2) is 5.65 Å². The van der Waals surface area contributed by atoms with Crippen LogP contribution in [-0.4, -0.2) is 61.1 Å². The van der Waals surface area contributed by atoms with Crippen molar-refractivity contribution in [1.29, 1.82) is 0 Å². The number of rotatable bonds is 5. The molecule has 1 saturated heterocycles. The number of nitrogens with zero attached hydrogens (tertiary/aromatic N) is 7. The third kappa shape index (κ3) is 3.54. The first kappa shape index (κ1) is 20.9. The molecule has 170 valence electrons. The number of fused-ring (bicyclic) bond motifs is 2. The van der Waals surface area contributed by atoms with Crippen molar-refractivity contribution in [1.82, 2.24) is 29.0 Å². The molecule has 9 heteroatoms. The second-order valence-corrected chi connectivity index (χ2v) is 9.16. The summed E-state index contributed by atoms with van der Waals surface area (Å²) in [7, 11) is 1.89. The van der Waals surface area contributed by atoms with Gasteiger partial charge in [-0.2, -0.15) is 5.10 Å². The second-order valence-electron chi connectivity index (χ2n) is 9.16. The monoisotopic (exact) mass is 436 g/mol. The van der Waals surface area contributed by atoms with E-state index in [0.717, 1.165) is 73.9 Å². The highest BCUT2D eigenvalue weighted by Gasteiger charge is 2.33. The minimum absolute atomic E-state index is 0.108. The Labute approximate surface area is 188 Å². The number of amides is 1. The van der Waals surface area contributed by atoms with Gasteiger partial charge in [-0.05, 0) is 32.6 Å². The van der Waals surface area contributed by atoms with Crippen molar-refractivity contribution in [3.8, 4) is 0 Å². The lowest BCUT2D eigenvalue weighted by Crippen LogP contribution is -2.37. The molecule has 2 aliphatic rings. The van der Waals surface area contributed by atoms with Gasteiger partial charge in [-0.3, -0.25) is 4.79 Å². The number of nitrogens with two attached hydrogens (primary N) is 1. The SMILES string of the molecule is CC[C@@H](c1cc2nc(N3CC[C@H](N)C3)c(C)cn2n1)N(C)C(=O)C1CCCn2ccnc21. The summed E-state index contributed by atoms with van der Waals surface area (Å²) < 4.78 is 3.93. The fourth-order valence-corrected chi connectivity index (χ4v) is 5.21. The summed E-state index contributed by atoms with van der Waals surface area (Å²) in [6.45, 7) is 6.85. The Balaban J connectivity index is 1.42. The molecule has 9 nitrogen and oxygen atoms in total. The van der Waals surface area contributed by atoms with Crippen LogP contribution in [0.1, 0.15) is 61.6 Å². The normalized spacial score (nSPS) is 21.7. The Morgan fingerprint density at radius 2 is 2.19 bits per heavy atom. The fourth-order valence-electron chi connectivity index (χ4n) is 5.21. The predicted octanol–water partition coefficient (Wildman–Crippen LogP) is 2.26. The minimum atomic E-state index is -0.193. The number of imidazole rings is 1. The van der Waals surface area contributed by atoms with E-state index in [2.05, 4.69) is 28.3 Å².